The highest BCUT2D eigenvalue weighted by Crippen LogP contribution is 2.31. The van der Waals surface area contributed by atoms with Gasteiger partial charge in [-0.2, -0.15) is 0 Å². The number of carbonyl (C=O) groups is 2. The second-order valence-electron chi connectivity index (χ2n) is 4.46. The Morgan fingerprint density at radius 3 is 2.65 bits per heavy atom. The Hall–Kier alpha value is -2.01. The zero-order chi connectivity index (χ0) is 14.3. The molecule has 0 bridgehead atoms. The van der Waals surface area contributed by atoms with Gasteiger partial charge in [-0.05, 0) is 45.8 Å². The van der Waals surface area contributed by atoms with Gasteiger partial charge in [0.25, 0.3) is 5.91 Å². The van der Waals surface area contributed by atoms with Gasteiger partial charge < -0.3 is 0 Å². The van der Waals surface area contributed by atoms with E-state index >= 15 is 0 Å². The molecule has 0 spiro atoms. The molecule has 0 saturated heterocycles. The summed E-state index contributed by atoms with van der Waals surface area (Å²) in [4.78, 5) is 25.7. The number of amides is 2. The van der Waals surface area contributed by atoms with Gasteiger partial charge in [0.2, 0.25) is 5.91 Å². The monoisotopic (exact) mass is 333 g/mol. The summed E-state index contributed by atoms with van der Waals surface area (Å²) in [6.07, 6.45) is 0.130. The van der Waals surface area contributed by atoms with Crippen LogP contribution in [0, 0.1) is 5.82 Å². The number of hydrogen-bond acceptors (Lipinski definition) is 2. The number of hydrogen-bond donors (Lipinski definition) is 0. The van der Waals surface area contributed by atoms with Gasteiger partial charge in [0.1, 0.15) is 5.82 Å². The van der Waals surface area contributed by atoms with Crippen LogP contribution in [-0.4, -0.2) is 11.8 Å². The van der Waals surface area contributed by atoms with Crippen LogP contribution < -0.4 is 4.90 Å². The number of halogens is 2. The van der Waals surface area contributed by atoms with E-state index in [1.807, 2.05) is 0 Å². The maximum absolute atomic E-state index is 13.4. The van der Waals surface area contributed by atoms with Crippen LogP contribution in [0.3, 0.4) is 0 Å². The van der Waals surface area contributed by atoms with Crippen LogP contribution in [0.1, 0.15) is 15.9 Å². The lowest BCUT2D eigenvalue weighted by Crippen LogP contribution is -2.42. The molecule has 2 amide bonds. The minimum Gasteiger partial charge on any atom is -0.274 e. The number of anilines is 1. The molecule has 3 rings (SSSR count). The lowest BCUT2D eigenvalue weighted by molar-refractivity contribution is -0.117. The molecule has 0 aromatic heterocycles. The summed E-state index contributed by atoms with van der Waals surface area (Å²) in [6, 6.07) is 10.9. The van der Waals surface area contributed by atoms with Crippen molar-refractivity contribution >= 4 is 33.4 Å². The van der Waals surface area contributed by atoms with Crippen molar-refractivity contribution in [1.82, 2.24) is 0 Å². The first-order valence-electron chi connectivity index (χ1n) is 5.98. The molecule has 2 aromatic rings. The van der Waals surface area contributed by atoms with Gasteiger partial charge in [-0.3, -0.25) is 9.59 Å². The van der Waals surface area contributed by atoms with Crippen molar-refractivity contribution in [3.05, 3.63) is 63.9 Å². The molecule has 0 unspecified atom stereocenters. The van der Waals surface area contributed by atoms with Crippen LogP contribution in [0.5, 0.6) is 0 Å². The maximum atomic E-state index is 13.4. The number of nitrogens with zero attached hydrogens (tertiary/aromatic N) is 1. The quantitative estimate of drug-likeness (QED) is 0.751. The Bertz CT molecular complexity index is 730. The number of rotatable bonds is 1. The molecule has 2 aromatic carbocycles. The van der Waals surface area contributed by atoms with Crippen LogP contribution in [0.25, 0.3) is 0 Å². The van der Waals surface area contributed by atoms with E-state index in [4.69, 9.17) is 0 Å². The normalized spacial score (nSPS) is 14.4. The first-order valence-corrected chi connectivity index (χ1v) is 6.77. The topological polar surface area (TPSA) is 37.4 Å². The second kappa shape index (κ2) is 4.83. The summed E-state index contributed by atoms with van der Waals surface area (Å²) >= 11 is 3.25. The average Bonchev–Trinajstić information content (AvgIpc) is 2.42. The largest absolute Gasteiger partial charge is 0.274 e. The predicted octanol–water partition coefficient (Wildman–Crippen LogP) is 3.32. The third kappa shape index (κ3) is 2.04. The number of fused-ring (bicyclic) bond motifs is 1. The zero-order valence-electron chi connectivity index (χ0n) is 10.3. The molecular formula is C15H9BrFNO2. The summed E-state index contributed by atoms with van der Waals surface area (Å²) in [5.41, 5.74) is 1.41. The van der Waals surface area contributed by atoms with Gasteiger partial charge in [0.15, 0.2) is 0 Å². The summed E-state index contributed by atoms with van der Waals surface area (Å²) in [7, 11) is 0. The number of benzene rings is 2. The first-order chi connectivity index (χ1) is 9.58. The van der Waals surface area contributed by atoms with Crippen LogP contribution in [0.15, 0.2) is 46.9 Å². The van der Waals surface area contributed by atoms with Crippen molar-refractivity contribution in [3.63, 3.8) is 0 Å². The van der Waals surface area contributed by atoms with Crippen molar-refractivity contribution < 1.29 is 14.0 Å². The SMILES string of the molecule is O=C1Cc2ccccc2C(=O)N1c1cc(F)ccc1Br. The smallest absolute Gasteiger partial charge is 0.265 e. The fourth-order valence-corrected chi connectivity index (χ4v) is 2.68. The zero-order valence-corrected chi connectivity index (χ0v) is 11.9. The summed E-state index contributed by atoms with van der Waals surface area (Å²) in [5, 5.41) is 0. The minimum absolute atomic E-state index is 0.130. The van der Waals surface area contributed by atoms with Gasteiger partial charge in [-0.25, -0.2) is 9.29 Å². The van der Waals surface area contributed by atoms with Gasteiger partial charge in [-0.15, -0.1) is 0 Å². The van der Waals surface area contributed by atoms with Crippen molar-refractivity contribution in [2.75, 3.05) is 4.90 Å². The Morgan fingerprint density at radius 2 is 1.85 bits per heavy atom. The van der Waals surface area contributed by atoms with E-state index in [-0.39, 0.29) is 18.0 Å². The molecule has 1 heterocycles. The molecule has 0 saturated carbocycles. The van der Waals surface area contributed by atoms with Crippen molar-refractivity contribution in [2.45, 2.75) is 6.42 Å². The molecule has 100 valence electrons. The van der Waals surface area contributed by atoms with Crippen LogP contribution >= 0.6 is 15.9 Å². The fourth-order valence-electron chi connectivity index (χ4n) is 2.26. The Labute approximate surface area is 123 Å². The first kappa shape index (κ1) is 13.0. The molecule has 20 heavy (non-hydrogen) atoms. The molecule has 1 aliphatic heterocycles. The molecule has 3 nitrogen and oxygen atoms in total. The Morgan fingerprint density at radius 1 is 1.10 bits per heavy atom. The Kier molecular flexibility index (Phi) is 3.14. The van der Waals surface area contributed by atoms with Crippen LogP contribution in [0.2, 0.25) is 0 Å². The fraction of sp³-hybridized carbons (Fsp3) is 0.0667. The molecule has 0 radical (unpaired) electrons. The lowest BCUT2D eigenvalue weighted by Gasteiger charge is -2.27. The number of imide groups is 1. The van der Waals surface area contributed by atoms with E-state index in [0.29, 0.717) is 15.6 Å². The van der Waals surface area contributed by atoms with E-state index in [0.717, 1.165) is 4.90 Å². The molecule has 5 heteroatoms. The highest BCUT2D eigenvalue weighted by Gasteiger charge is 2.33. The highest BCUT2D eigenvalue weighted by atomic mass is 79.9. The van der Waals surface area contributed by atoms with E-state index < -0.39 is 11.7 Å². The molecule has 0 N–H and O–H groups in total. The predicted molar refractivity (Wildman–Crippen MR) is 76.1 cm³/mol. The van der Waals surface area contributed by atoms with E-state index in [1.165, 1.54) is 18.2 Å². The molecular weight excluding hydrogens is 325 g/mol. The average molecular weight is 334 g/mol. The summed E-state index contributed by atoms with van der Waals surface area (Å²) < 4.78 is 13.9. The third-order valence-corrected chi connectivity index (χ3v) is 3.86. The molecule has 1 aliphatic rings. The van der Waals surface area contributed by atoms with E-state index in [1.54, 1.807) is 24.3 Å². The number of carbonyl (C=O) groups excluding carboxylic acids is 2. The molecule has 0 atom stereocenters. The van der Waals surface area contributed by atoms with Crippen LogP contribution in [0.4, 0.5) is 10.1 Å². The third-order valence-electron chi connectivity index (χ3n) is 3.19. The van der Waals surface area contributed by atoms with E-state index in [9.17, 15) is 14.0 Å². The van der Waals surface area contributed by atoms with E-state index in [2.05, 4.69) is 15.9 Å². The summed E-state index contributed by atoms with van der Waals surface area (Å²) in [6.45, 7) is 0. The Balaban J connectivity index is 2.14. The van der Waals surface area contributed by atoms with Gasteiger partial charge in [0.05, 0.1) is 12.1 Å². The lowest BCUT2D eigenvalue weighted by atomic mass is 9.98. The van der Waals surface area contributed by atoms with Gasteiger partial charge >= 0.3 is 0 Å². The highest BCUT2D eigenvalue weighted by molar-refractivity contribution is 9.10. The standard InChI is InChI=1S/C15H9BrFNO2/c16-12-6-5-10(17)8-13(12)18-14(19)7-9-3-1-2-4-11(9)15(18)20/h1-6,8H,7H2. The van der Waals surface area contributed by atoms with Gasteiger partial charge in [0, 0.05) is 10.0 Å². The van der Waals surface area contributed by atoms with Crippen molar-refractivity contribution in [3.8, 4) is 0 Å². The summed E-state index contributed by atoms with van der Waals surface area (Å²) in [5.74, 6) is -1.29. The molecule has 0 aliphatic carbocycles. The van der Waals surface area contributed by atoms with Crippen molar-refractivity contribution in [2.24, 2.45) is 0 Å². The van der Waals surface area contributed by atoms with Crippen molar-refractivity contribution in [1.29, 1.82) is 0 Å². The molecule has 0 fully saturated rings. The van der Waals surface area contributed by atoms with Gasteiger partial charge in [-0.1, -0.05) is 18.2 Å². The second-order valence-corrected chi connectivity index (χ2v) is 5.32. The maximum Gasteiger partial charge on any atom is 0.265 e. The van der Waals surface area contributed by atoms with Crippen LogP contribution in [-0.2, 0) is 11.2 Å². The minimum atomic E-state index is -0.498.